The van der Waals surface area contributed by atoms with E-state index in [1.54, 1.807) is 5.47 Å². The number of hydrogen-bond donors (Lipinski definition) is 0. The fraction of sp³-hybridized carbons (Fsp3) is 0.395. The van der Waals surface area contributed by atoms with E-state index in [9.17, 15) is 0 Å². The molecule has 2 aliphatic rings. The largest absolute Gasteiger partial charge is 0.325 e. The summed E-state index contributed by atoms with van der Waals surface area (Å²) in [6.07, 6.45) is 16.3. The Bertz CT molecular complexity index is 1790. The average Bonchev–Trinajstić information content (AvgIpc) is 3.10. The predicted octanol–water partition coefficient (Wildman–Crippen LogP) is 8.85. The molecule has 4 heterocycles. The molecular formula is C43H54BN3+2. The number of pyridine rings is 2. The van der Waals surface area contributed by atoms with Crippen molar-refractivity contribution in [1.82, 2.24) is 0 Å². The van der Waals surface area contributed by atoms with Crippen molar-refractivity contribution in [3.8, 4) is 11.3 Å². The van der Waals surface area contributed by atoms with Crippen LogP contribution in [0.3, 0.4) is 0 Å². The lowest BCUT2D eigenvalue weighted by Crippen LogP contribution is -2.78. The molecular weight excluding hydrogens is 569 g/mol. The molecule has 6 rings (SSSR count). The predicted molar refractivity (Wildman–Crippen MR) is 199 cm³/mol. The zero-order chi connectivity index (χ0) is 33.2. The number of fused-ring (bicyclic) bond motifs is 3. The number of nitrogens with zero attached hydrogens (tertiary/aromatic N) is 3. The molecule has 0 bridgehead atoms. The normalized spacial score (nSPS) is 20.9. The molecule has 0 saturated heterocycles. The van der Waals surface area contributed by atoms with Gasteiger partial charge < -0.3 is 4.90 Å². The molecule has 0 fully saturated rings. The zero-order valence-electron chi connectivity index (χ0n) is 29.8. The van der Waals surface area contributed by atoms with Gasteiger partial charge >= 0.3 is 6.71 Å². The van der Waals surface area contributed by atoms with E-state index in [1.807, 2.05) is 0 Å². The lowest BCUT2D eigenvalue weighted by molar-refractivity contribution is -0.764. The van der Waals surface area contributed by atoms with Gasteiger partial charge in [-0.05, 0) is 80.1 Å². The maximum Gasteiger partial charge on any atom is 0.318 e. The van der Waals surface area contributed by atoms with Gasteiger partial charge in [0.2, 0.25) is 5.69 Å². The third-order valence-electron chi connectivity index (χ3n) is 11.9. The first-order valence-corrected chi connectivity index (χ1v) is 18.1. The molecule has 0 aliphatic carbocycles. The first-order valence-electron chi connectivity index (χ1n) is 18.1. The first kappa shape index (κ1) is 33.0. The molecule has 3 nitrogen and oxygen atoms in total. The third kappa shape index (κ3) is 5.79. The Balaban J connectivity index is 1.44. The number of allylic oxidation sites excluding steroid dienone is 1. The molecule has 4 heteroatoms. The summed E-state index contributed by atoms with van der Waals surface area (Å²) in [7, 11) is 0. The number of anilines is 1. The highest BCUT2D eigenvalue weighted by molar-refractivity contribution is 6.83. The lowest BCUT2D eigenvalue weighted by atomic mass is 9.31. The Morgan fingerprint density at radius 3 is 2.34 bits per heavy atom. The van der Waals surface area contributed by atoms with Crippen LogP contribution in [-0.4, -0.2) is 6.71 Å². The average molecular weight is 624 g/mol. The third-order valence-corrected chi connectivity index (χ3v) is 11.9. The molecule has 0 spiro atoms. The van der Waals surface area contributed by atoms with Gasteiger partial charge in [0.25, 0.3) is 0 Å². The second-order valence-corrected chi connectivity index (χ2v) is 14.4. The highest BCUT2D eigenvalue weighted by Crippen LogP contribution is 2.53. The molecule has 3 unspecified atom stereocenters. The monoisotopic (exact) mass is 623 g/mol. The highest BCUT2D eigenvalue weighted by Gasteiger charge is 2.62. The van der Waals surface area contributed by atoms with Crippen LogP contribution in [0, 0.1) is 25.2 Å². The van der Waals surface area contributed by atoms with E-state index < -0.39 is 0 Å². The van der Waals surface area contributed by atoms with Gasteiger partial charge in [0, 0.05) is 49.7 Å². The minimum Gasteiger partial charge on any atom is -0.325 e. The van der Waals surface area contributed by atoms with Gasteiger partial charge in [-0.2, -0.15) is 4.57 Å². The summed E-state index contributed by atoms with van der Waals surface area (Å²) in [5.41, 5.74) is 11.0. The maximum atomic E-state index is 2.65. The molecule has 242 valence electrons. The van der Waals surface area contributed by atoms with Crippen LogP contribution in [0.2, 0.25) is 0 Å². The van der Waals surface area contributed by atoms with Crippen LogP contribution in [0.15, 0.2) is 115 Å². The van der Waals surface area contributed by atoms with Crippen molar-refractivity contribution in [2.24, 2.45) is 11.3 Å². The number of aryl methyl sites for hydroxylation is 3. The van der Waals surface area contributed by atoms with Gasteiger partial charge in [-0.1, -0.05) is 88.0 Å². The SMILES string of the molecule is CCC(C)Cc1cccc(C)c1N1C=CB2C(=C1)C(CC)(CCC[n+]1ccccc1-c1ccccc1C)C(C)(CC)[n+]1ccccc12. The molecule has 2 aromatic heterocycles. The minimum absolute atomic E-state index is 0.00777. The van der Waals surface area contributed by atoms with Gasteiger partial charge in [-0.15, -0.1) is 0 Å². The van der Waals surface area contributed by atoms with Crippen molar-refractivity contribution >= 4 is 18.0 Å². The van der Waals surface area contributed by atoms with Gasteiger partial charge in [0.1, 0.15) is 12.1 Å². The fourth-order valence-electron chi connectivity index (χ4n) is 8.86. The summed E-state index contributed by atoms with van der Waals surface area (Å²) in [4.78, 5) is 2.49. The Kier molecular flexibility index (Phi) is 9.60. The summed E-state index contributed by atoms with van der Waals surface area (Å²) >= 11 is 0. The summed E-state index contributed by atoms with van der Waals surface area (Å²) in [6.45, 7) is 17.8. The Hall–Kier alpha value is -3.92. The Labute approximate surface area is 284 Å². The van der Waals surface area contributed by atoms with Gasteiger partial charge in [-0.25, -0.2) is 4.57 Å². The van der Waals surface area contributed by atoms with Crippen molar-refractivity contribution in [3.05, 3.63) is 132 Å². The van der Waals surface area contributed by atoms with Crippen LogP contribution in [-0.2, 0) is 18.5 Å². The van der Waals surface area contributed by atoms with Crippen LogP contribution >= 0.6 is 0 Å². The molecule has 0 saturated carbocycles. The van der Waals surface area contributed by atoms with Gasteiger partial charge in [0.05, 0.1) is 11.1 Å². The highest BCUT2D eigenvalue weighted by atomic mass is 15.1. The standard InChI is InChI=1S/C43H54BN3/c1-8-33(4)31-36-21-17-20-35(6)41(36)46-30-26-44-39(32-46)43(10-3,42(7,9-2)47-29-16-14-24-40(44)47)25-18-28-45-27-15-13-23-38(45)37-22-12-11-19-34(37)5/h11-17,19-24,26-27,29-30,32-33H,8-10,18,25,28,31H2,1-7H3/q+2. The Morgan fingerprint density at radius 1 is 0.830 bits per heavy atom. The first-order chi connectivity index (χ1) is 22.8. The number of rotatable bonds is 11. The molecule has 2 aliphatic heterocycles. The Morgan fingerprint density at radius 2 is 1.57 bits per heavy atom. The van der Waals surface area contributed by atoms with Crippen LogP contribution in [0.1, 0.15) is 83.4 Å². The van der Waals surface area contributed by atoms with Crippen molar-refractivity contribution < 1.29 is 9.13 Å². The lowest BCUT2D eigenvalue weighted by Gasteiger charge is -2.51. The number of benzene rings is 2. The smallest absolute Gasteiger partial charge is 0.318 e. The van der Waals surface area contributed by atoms with E-state index >= 15 is 0 Å². The molecule has 2 aromatic carbocycles. The summed E-state index contributed by atoms with van der Waals surface area (Å²) in [5.74, 6) is 3.14. The van der Waals surface area contributed by atoms with Crippen LogP contribution in [0.4, 0.5) is 5.69 Å². The molecule has 0 N–H and O–H groups in total. The minimum atomic E-state index is -0.0526. The van der Waals surface area contributed by atoms with E-state index in [0.717, 1.165) is 38.6 Å². The number of para-hydroxylation sites is 1. The number of aromatic nitrogens is 2. The zero-order valence-corrected chi connectivity index (χ0v) is 29.8. The van der Waals surface area contributed by atoms with Crippen molar-refractivity contribution in [2.75, 3.05) is 4.90 Å². The number of hydrogen-bond acceptors (Lipinski definition) is 1. The molecule has 47 heavy (non-hydrogen) atoms. The van der Waals surface area contributed by atoms with Crippen molar-refractivity contribution in [1.29, 1.82) is 0 Å². The topological polar surface area (TPSA) is 11.0 Å². The van der Waals surface area contributed by atoms with Gasteiger partial charge in [0.15, 0.2) is 17.9 Å². The fourth-order valence-corrected chi connectivity index (χ4v) is 8.86. The molecule has 4 aromatic rings. The van der Waals surface area contributed by atoms with E-state index in [-0.39, 0.29) is 17.7 Å². The van der Waals surface area contributed by atoms with Crippen molar-refractivity contribution in [2.45, 2.75) is 99.1 Å². The summed E-state index contributed by atoms with van der Waals surface area (Å²) in [5, 5.41) is 0. The molecule has 3 atom stereocenters. The van der Waals surface area contributed by atoms with Crippen LogP contribution < -0.4 is 19.6 Å². The molecule has 0 amide bonds. The quantitative estimate of drug-likeness (QED) is 0.120. The second-order valence-electron chi connectivity index (χ2n) is 14.4. The van der Waals surface area contributed by atoms with E-state index in [0.29, 0.717) is 5.92 Å². The maximum absolute atomic E-state index is 2.65. The van der Waals surface area contributed by atoms with Crippen LogP contribution in [0.5, 0.6) is 0 Å². The van der Waals surface area contributed by atoms with E-state index in [1.165, 1.54) is 45.6 Å². The van der Waals surface area contributed by atoms with Gasteiger partial charge in [-0.3, -0.25) is 0 Å². The van der Waals surface area contributed by atoms with Crippen molar-refractivity contribution in [3.63, 3.8) is 0 Å². The van der Waals surface area contributed by atoms with E-state index in [4.69, 9.17) is 0 Å². The second kappa shape index (κ2) is 13.7. The van der Waals surface area contributed by atoms with Crippen LogP contribution in [0.25, 0.3) is 11.3 Å². The summed E-state index contributed by atoms with van der Waals surface area (Å²) < 4.78 is 5.13. The summed E-state index contributed by atoms with van der Waals surface area (Å²) in [6, 6.07) is 29.1. The molecule has 0 radical (unpaired) electrons. The van der Waals surface area contributed by atoms with E-state index in [2.05, 4.69) is 172 Å².